The molecule has 2 rings (SSSR count). The third-order valence-corrected chi connectivity index (χ3v) is 4.02. The van der Waals surface area contributed by atoms with Crippen molar-refractivity contribution in [2.24, 2.45) is 5.92 Å². The fourth-order valence-electron chi connectivity index (χ4n) is 3.06. The molecule has 0 aromatic carbocycles. The number of ether oxygens (including phenoxy) is 1. The zero-order valence-electron chi connectivity index (χ0n) is 11.3. The monoisotopic (exact) mass is 240 g/mol. The highest BCUT2D eigenvalue weighted by molar-refractivity contribution is 4.71. The van der Waals surface area contributed by atoms with Gasteiger partial charge in [0, 0.05) is 19.7 Å². The van der Waals surface area contributed by atoms with Gasteiger partial charge in [-0.15, -0.1) is 0 Å². The Bertz CT molecular complexity index is 204. The van der Waals surface area contributed by atoms with Crippen LogP contribution in [0.25, 0.3) is 0 Å². The molecule has 2 aliphatic rings. The summed E-state index contributed by atoms with van der Waals surface area (Å²) < 4.78 is 5.68. The van der Waals surface area contributed by atoms with Gasteiger partial charge in [-0.05, 0) is 64.6 Å². The van der Waals surface area contributed by atoms with Crippen LogP contribution >= 0.6 is 0 Å². The zero-order chi connectivity index (χ0) is 11.9. The van der Waals surface area contributed by atoms with Gasteiger partial charge in [-0.25, -0.2) is 0 Å². The van der Waals surface area contributed by atoms with E-state index in [0.29, 0.717) is 6.10 Å². The van der Waals surface area contributed by atoms with E-state index in [1.54, 1.807) is 0 Å². The van der Waals surface area contributed by atoms with Crippen LogP contribution in [0.4, 0.5) is 0 Å². The van der Waals surface area contributed by atoms with E-state index < -0.39 is 0 Å². The van der Waals surface area contributed by atoms with Crippen molar-refractivity contribution in [3.63, 3.8) is 0 Å². The molecule has 0 amide bonds. The van der Waals surface area contributed by atoms with Crippen LogP contribution in [0.1, 0.15) is 39.0 Å². The topological polar surface area (TPSA) is 24.5 Å². The van der Waals surface area contributed by atoms with Crippen LogP contribution in [-0.4, -0.2) is 50.3 Å². The van der Waals surface area contributed by atoms with Crippen molar-refractivity contribution in [1.82, 2.24) is 10.2 Å². The van der Waals surface area contributed by atoms with Crippen molar-refractivity contribution >= 4 is 0 Å². The fourth-order valence-corrected chi connectivity index (χ4v) is 3.06. The minimum atomic E-state index is 0.425. The average molecular weight is 240 g/mol. The molecule has 3 nitrogen and oxygen atoms in total. The lowest BCUT2D eigenvalue weighted by molar-refractivity contribution is 0.0673. The number of rotatable bonds is 4. The molecule has 0 aromatic rings. The number of nitrogens with one attached hydrogen (secondary N) is 1. The molecule has 2 unspecified atom stereocenters. The minimum absolute atomic E-state index is 0.425. The van der Waals surface area contributed by atoms with Crippen molar-refractivity contribution in [2.45, 2.75) is 45.1 Å². The van der Waals surface area contributed by atoms with Gasteiger partial charge in [0.2, 0.25) is 0 Å². The van der Waals surface area contributed by atoms with Crippen LogP contribution in [0.3, 0.4) is 0 Å². The Hall–Kier alpha value is -0.120. The summed E-state index contributed by atoms with van der Waals surface area (Å²) in [5, 5.41) is 3.51. The van der Waals surface area contributed by atoms with Gasteiger partial charge in [0.25, 0.3) is 0 Å². The first-order valence-corrected chi connectivity index (χ1v) is 7.39. The first-order chi connectivity index (χ1) is 8.34. The molecule has 2 saturated heterocycles. The van der Waals surface area contributed by atoms with E-state index in [0.717, 1.165) is 19.1 Å². The van der Waals surface area contributed by atoms with E-state index in [1.165, 1.54) is 58.3 Å². The summed E-state index contributed by atoms with van der Waals surface area (Å²) in [5.41, 5.74) is 0. The predicted molar refractivity (Wildman–Crippen MR) is 71.3 cm³/mol. The van der Waals surface area contributed by atoms with E-state index >= 15 is 0 Å². The molecule has 0 spiro atoms. The lowest BCUT2D eigenvalue weighted by Gasteiger charge is -2.25. The van der Waals surface area contributed by atoms with E-state index in [2.05, 4.69) is 17.1 Å². The summed E-state index contributed by atoms with van der Waals surface area (Å²) in [6.45, 7) is 9.25. The van der Waals surface area contributed by atoms with E-state index in [1.807, 2.05) is 0 Å². The summed E-state index contributed by atoms with van der Waals surface area (Å²) >= 11 is 0. The Kier molecular flexibility index (Phi) is 5.75. The maximum absolute atomic E-state index is 5.68. The summed E-state index contributed by atoms with van der Waals surface area (Å²) in [4.78, 5) is 2.59. The largest absolute Gasteiger partial charge is 0.377 e. The molecule has 1 N–H and O–H groups in total. The smallest absolute Gasteiger partial charge is 0.0673 e. The molecular formula is C14H28N2O. The Labute approximate surface area is 106 Å². The molecule has 0 aliphatic carbocycles. The second-order valence-corrected chi connectivity index (χ2v) is 5.69. The summed E-state index contributed by atoms with van der Waals surface area (Å²) in [6.07, 6.45) is 7.20. The summed E-state index contributed by atoms with van der Waals surface area (Å²) in [6, 6.07) is 0. The normalized spacial score (nSPS) is 32.3. The quantitative estimate of drug-likeness (QED) is 0.812. The number of hydrogen-bond donors (Lipinski definition) is 1. The molecule has 3 heteroatoms. The molecule has 0 bridgehead atoms. The first kappa shape index (κ1) is 13.3. The maximum atomic E-state index is 5.68. The molecule has 2 aliphatic heterocycles. The third kappa shape index (κ3) is 4.94. The molecule has 2 fully saturated rings. The Balaban J connectivity index is 1.59. The van der Waals surface area contributed by atoms with Gasteiger partial charge in [0.05, 0.1) is 6.10 Å². The van der Waals surface area contributed by atoms with Crippen LogP contribution in [-0.2, 0) is 4.74 Å². The Morgan fingerprint density at radius 1 is 1.35 bits per heavy atom. The van der Waals surface area contributed by atoms with Gasteiger partial charge < -0.3 is 15.0 Å². The highest BCUT2D eigenvalue weighted by atomic mass is 16.5. The predicted octanol–water partition coefficient (Wildman–Crippen LogP) is 1.88. The van der Waals surface area contributed by atoms with Gasteiger partial charge in [0.15, 0.2) is 0 Å². The van der Waals surface area contributed by atoms with Crippen molar-refractivity contribution in [1.29, 1.82) is 0 Å². The minimum Gasteiger partial charge on any atom is -0.377 e. The van der Waals surface area contributed by atoms with Gasteiger partial charge in [-0.2, -0.15) is 0 Å². The number of nitrogens with zero attached hydrogens (tertiary/aromatic N) is 1. The second kappa shape index (κ2) is 7.34. The van der Waals surface area contributed by atoms with Crippen molar-refractivity contribution < 1.29 is 4.74 Å². The SMILES string of the molecule is CC1CN(CCCC2CCCNC2)CCCO1. The lowest BCUT2D eigenvalue weighted by Crippen LogP contribution is -2.33. The molecule has 0 saturated carbocycles. The van der Waals surface area contributed by atoms with Crippen molar-refractivity contribution in [3.8, 4) is 0 Å². The van der Waals surface area contributed by atoms with E-state index in [-0.39, 0.29) is 0 Å². The van der Waals surface area contributed by atoms with Crippen molar-refractivity contribution in [2.75, 3.05) is 39.3 Å². The Morgan fingerprint density at radius 3 is 3.12 bits per heavy atom. The average Bonchev–Trinajstić information content (AvgIpc) is 2.55. The van der Waals surface area contributed by atoms with E-state index in [4.69, 9.17) is 4.74 Å². The maximum Gasteiger partial charge on any atom is 0.0673 e. The number of hydrogen-bond acceptors (Lipinski definition) is 3. The molecule has 0 radical (unpaired) electrons. The summed E-state index contributed by atoms with van der Waals surface area (Å²) in [7, 11) is 0. The summed E-state index contributed by atoms with van der Waals surface area (Å²) in [5.74, 6) is 0.935. The molecule has 2 atom stereocenters. The highest BCUT2D eigenvalue weighted by Crippen LogP contribution is 2.16. The third-order valence-electron chi connectivity index (χ3n) is 4.02. The molecule has 100 valence electrons. The molecular weight excluding hydrogens is 212 g/mol. The fraction of sp³-hybridized carbons (Fsp3) is 1.00. The number of piperidine rings is 1. The second-order valence-electron chi connectivity index (χ2n) is 5.69. The van der Waals surface area contributed by atoms with Crippen LogP contribution in [0, 0.1) is 5.92 Å². The van der Waals surface area contributed by atoms with Gasteiger partial charge in [-0.3, -0.25) is 0 Å². The first-order valence-electron chi connectivity index (χ1n) is 7.39. The van der Waals surface area contributed by atoms with Crippen LogP contribution in [0.5, 0.6) is 0 Å². The molecule has 0 aromatic heterocycles. The van der Waals surface area contributed by atoms with Gasteiger partial charge >= 0.3 is 0 Å². The van der Waals surface area contributed by atoms with Crippen molar-refractivity contribution in [3.05, 3.63) is 0 Å². The van der Waals surface area contributed by atoms with Crippen LogP contribution in [0.2, 0.25) is 0 Å². The molecule has 2 heterocycles. The zero-order valence-corrected chi connectivity index (χ0v) is 11.3. The van der Waals surface area contributed by atoms with E-state index in [9.17, 15) is 0 Å². The standard InChI is InChI=1S/C14H28N2O/c1-13-12-16(9-4-10-17-13)8-3-6-14-5-2-7-15-11-14/h13-15H,2-12H2,1H3. The van der Waals surface area contributed by atoms with Gasteiger partial charge in [-0.1, -0.05) is 0 Å². The molecule has 17 heavy (non-hydrogen) atoms. The van der Waals surface area contributed by atoms with Gasteiger partial charge in [0.1, 0.15) is 0 Å². The van der Waals surface area contributed by atoms with Crippen LogP contribution in [0.15, 0.2) is 0 Å². The Morgan fingerprint density at radius 2 is 2.29 bits per heavy atom. The highest BCUT2D eigenvalue weighted by Gasteiger charge is 2.16. The van der Waals surface area contributed by atoms with Crippen LogP contribution < -0.4 is 5.32 Å². The lowest BCUT2D eigenvalue weighted by atomic mass is 9.94.